The lowest BCUT2D eigenvalue weighted by molar-refractivity contribution is -0.0788. The summed E-state index contributed by atoms with van der Waals surface area (Å²) in [5.74, 6) is 0.331. The summed E-state index contributed by atoms with van der Waals surface area (Å²) >= 11 is -3.67. The van der Waals surface area contributed by atoms with E-state index in [4.69, 9.17) is 18.6 Å². The normalized spacial score (nSPS) is 20.2. The van der Waals surface area contributed by atoms with Gasteiger partial charge >= 0.3 is 0 Å². The Hall–Kier alpha value is -1.42. The van der Waals surface area contributed by atoms with Crippen LogP contribution < -0.4 is 0 Å². The Labute approximate surface area is 169 Å². The number of fused-ring (bicyclic) bond motifs is 3. The molecule has 0 amide bonds. The molecule has 8 heteroatoms. The fourth-order valence-corrected chi connectivity index (χ4v) is 4.18. The Morgan fingerprint density at radius 1 is 0.714 bits per heavy atom. The van der Waals surface area contributed by atoms with Gasteiger partial charge in [-0.05, 0) is 35.1 Å². The van der Waals surface area contributed by atoms with E-state index in [0.717, 1.165) is 22.3 Å². The molecular formula is C20H24O6S2. The summed E-state index contributed by atoms with van der Waals surface area (Å²) in [5, 5.41) is 0. The van der Waals surface area contributed by atoms with Gasteiger partial charge in [-0.1, -0.05) is 48.5 Å². The topological polar surface area (TPSA) is 93.1 Å². The molecule has 0 saturated carbocycles. The van der Waals surface area contributed by atoms with Crippen LogP contribution in [0.5, 0.6) is 0 Å². The van der Waals surface area contributed by atoms with Gasteiger partial charge in [-0.3, -0.25) is 0 Å². The second kappa shape index (κ2) is 10.4. The molecule has 28 heavy (non-hydrogen) atoms. The summed E-state index contributed by atoms with van der Waals surface area (Å²) in [6, 6.07) is 16.0. The quantitative estimate of drug-likeness (QED) is 0.446. The Balaban J connectivity index is 1.84. The van der Waals surface area contributed by atoms with Crippen LogP contribution in [-0.4, -0.2) is 42.2 Å². The summed E-state index contributed by atoms with van der Waals surface area (Å²) in [6.07, 6.45) is 0.245. The standard InChI is InChI=1S/C20H24O6S2/c21-27(22)13-5-11-25-19-17-9-3-1-7-15(17)16-8-2-4-10-18(16)20(19)26-12-6-14-28(23)24/h1-4,7-10,19-20H,5-6,11-14H2,(H,21,22)(H,23,24). The van der Waals surface area contributed by atoms with Gasteiger partial charge in [-0.15, -0.1) is 0 Å². The van der Waals surface area contributed by atoms with E-state index in [1.54, 1.807) is 0 Å². The summed E-state index contributed by atoms with van der Waals surface area (Å²) in [5.41, 5.74) is 4.21. The van der Waals surface area contributed by atoms with Crippen molar-refractivity contribution in [1.82, 2.24) is 0 Å². The zero-order valence-electron chi connectivity index (χ0n) is 15.4. The minimum absolute atomic E-state index is 0.165. The largest absolute Gasteiger partial charge is 0.370 e. The minimum atomic E-state index is -1.84. The molecule has 1 aliphatic rings. The van der Waals surface area contributed by atoms with Crippen LogP contribution in [0.15, 0.2) is 48.5 Å². The van der Waals surface area contributed by atoms with Crippen molar-refractivity contribution in [2.24, 2.45) is 0 Å². The maximum atomic E-state index is 10.9. The van der Waals surface area contributed by atoms with Crippen molar-refractivity contribution in [2.75, 3.05) is 24.7 Å². The molecular weight excluding hydrogens is 400 g/mol. The highest BCUT2D eigenvalue weighted by atomic mass is 32.2. The molecule has 152 valence electrons. The van der Waals surface area contributed by atoms with E-state index in [2.05, 4.69) is 12.1 Å². The maximum Gasteiger partial charge on any atom is 0.152 e. The lowest BCUT2D eigenvalue weighted by Gasteiger charge is -2.35. The minimum Gasteiger partial charge on any atom is -0.370 e. The molecule has 4 atom stereocenters. The van der Waals surface area contributed by atoms with E-state index < -0.39 is 22.2 Å². The van der Waals surface area contributed by atoms with Crippen LogP contribution in [0.4, 0.5) is 0 Å². The van der Waals surface area contributed by atoms with Crippen molar-refractivity contribution in [3.05, 3.63) is 59.7 Å². The lowest BCUT2D eigenvalue weighted by Crippen LogP contribution is -2.24. The van der Waals surface area contributed by atoms with E-state index in [1.807, 2.05) is 36.4 Å². The molecule has 4 unspecified atom stereocenters. The second-order valence-electron chi connectivity index (χ2n) is 6.52. The van der Waals surface area contributed by atoms with E-state index >= 15 is 0 Å². The number of hydrogen-bond acceptors (Lipinski definition) is 4. The molecule has 0 fully saturated rings. The van der Waals surface area contributed by atoms with Gasteiger partial charge < -0.3 is 18.6 Å². The number of hydrogen-bond donors (Lipinski definition) is 2. The first-order chi connectivity index (χ1) is 13.6. The number of rotatable bonds is 10. The van der Waals surface area contributed by atoms with Crippen LogP contribution in [-0.2, 0) is 31.6 Å². The summed E-state index contributed by atoms with van der Waals surface area (Å²) < 4.78 is 52.0. The van der Waals surface area contributed by atoms with Crippen molar-refractivity contribution in [3.8, 4) is 11.1 Å². The van der Waals surface area contributed by atoms with Gasteiger partial charge in [-0.25, -0.2) is 8.42 Å². The zero-order valence-corrected chi connectivity index (χ0v) is 17.0. The van der Waals surface area contributed by atoms with E-state index in [9.17, 15) is 8.42 Å². The molecule has 2 aromatic rings. The fraction of sp³-hybridized carbons (Fsp3) is 0.400. The van der Waals surface area contributed by atoms with Gasteiger partial charge in [0.2, 0.25) is 0 Å². The first-order valence-corrected chi connectivity index (χ1v) is 11.7. The Bertz CT molecular complexity index is 771. The van der Waals surface area contributed by atoms with Gasteiger partial charge in [0.05, 0.1) is 11.5 Å². The average Bonchev–Trinajstić information content (AvgIpc) is 2.69. The van der Waals surface area contributed by atoms with Crippen molar-refractivity contribution in [2.45, 2.75) is 25.0 Å². The van der Waals surface area contributed by atoms with Crippen LogP contribution in [0.25, 0.3) is 11.1 Å². The van der Waals surface area contributed by atoms with Crippen molar-refractivity contribution in [3.63, 3.8) is 0 Å². The molecule has 3 rings (SSSR count). The summed E-state index contributed by atoms with van der Waals surface area (Å²) in [6.45, 7) is 0.683. The first kappa shape index (κ1) is 21.3. The fourth-order valence-electron chi connectivity index (χ4n) is 3.45. The van der Waals surface area contributed by atoms with Crippen LogP contribution in [0.1, 0.15) is 36.2 Å². The van der Waals surface area contributed by atoms with Crippen LogP contribution in [0, 0.1) is 0 Å². The van der Waals surface area contributed by atoms with Crippen LogP contribution in [0.3, 0.4) is 0 Å². The number of benzene rings is 2. The zero-order chi connectivity index (χ0) is 19.9. The molecule has 0 saturated heterocycles. The Morgan fingerprint density at radius 2 is 1.11 bits per heavy atom. The predicted molar refractivity (Wildman–Crippen MR) is 110 cm³/mol. The highest BCUT2D eigenvalue weighted by Crippen LogP contribution is 2.47. The van der Waals surface area contributed by atoms with E-state index in [-0.39, 0.29) is 23.7 Å². The van der Waals surface area contributed by atoms with Gasteiger partial charge in [0.15, 0.2) is 22.2 Å². The molecule has 2 N–H and O–H groups in total. The monoisotopic (exact) mass is 424 g/mol. The molecule has 1 aliphatic carbocycles. The summed E-state index contributed by atoms with van der Waals surface area (Å²) in [4.78, 5) is 0. The van der Waals surface area contributed by atoms with Crippen molar-refractivity contribution >= 4 is 22.2 Å². The van der Waals surface area contributed by atoms with Crippen LogP contribution >= 0.6 is 0 Å². The third-order valence-corrected chi connectivity index (χ3v) is 5.90. The predicted octanol–water partition coefficient (Wildman–Crippen LogP) is 3.71. The summed E-state index contributed by atoms with van der Waals surface area (Å²) in [7, 11) is 0. The molecule has 0 radical (unpaired) electrons. The number of ether oxygens (including phenoxy) is 2. The highest BCUT2D eigenvalue weighted by molar-refractivity contribution is 7.79. The molecule has 0 aliphatic heterocycles. The van der Waals surface area contributed by atoms with Gasteiger partial charge in [0, 0.05) is 13.2 Å². The van der Waals surface area contributed by atoms with Crippen LogP contribution in [0.2, 0.25) is 0 Å². The van der Waals surface area contributed by atoms with E-state index in [0.29, 0.717) is 26.1 Å². The molecule has 0 heterocycles. The Morgan fingerprint density at radius 3 is 1.50 bits per heavy atom. The molecule has 6 nitrogen and oxygen atoms in total. The van der Waals surface area contributed by atoms with Gasteiger partial charge in [0.25, 0.3) is 0 Å². The van der Waals surface area contributed by atoms with E-state index in [1.165, 1.54) is 0 Å². The lowest BCUT2D eigenvalue weighted by atomic mass is 9.82. The molecule has 0 bridgehead atoms. The first-order valence-electron chi connectivity index (χ1n) is 9.14. The van der Waals surface area contributed by atoms with Crippen molar-refractivity contribution in [1.29, 1.82) is 0 Å². The molecule has 2 aromatic carbocycles. The highest BCUT2D eigenvalue weighted by Gasteiger charge is 2.34. The Kier molecular flexibility index (Phi) is 7.90. The van der Waals surface area contributed by atoms with Gasteiger partial charge in [0.1, 0.15) is 12.2 Å². The van der Waals surface area contributed by atoms with Crippen molar-refractivity contribution < 1.29 is 27.0 Å². The molecule has 0 aromatic heterocycles. The SMILES string of the molecule is O=S(O)CCCOC1c2ccccc2-c2ccccc2C1OCCCS(=O)O. The third-order valence-electron chi connectivity index (χ3n) is 4.62. The molecule has 0 spiro atoms. The smallest absolute Gasteiger partial charge is 0.152 e. The second-order valence-corrected chi connectivity index (χ2v) is 8.62. The third kappa shape index (κ3) is 5.34. The average molecular weight is 425 g/mol. The maximum absolute atomic E-state index is 10.9. The van der Waals surface area contributed by atoms with Gasteiger partial charge in [-0.2, -0.15) is 0 Å².